The van der Waals surface area contributed by atoms with Gasteiger partial charge in [0.1, 0.15) is 0 Å². The molecule has 6 nitrogen and oxygen atoms in total. The maximum atomic E-state index is 12.0. The first kappa shape index (κ1) is 17.8. The lowest BCUT2D eigenvalue weighted by molar-refractivity contribution is -0.123. The Bertz CT molecular complexity index is 770. The van der Waals surface area contributed by atoms with Crippen molar-refractivity contribution in [3.63, 3.8) is 0 Å². The lowest BCUT2D eigenvalue weighted by atomic mass is 10.1. The van der Waals surface area contributed by atoms with Gasteiger partial charge in [-0.3, -0.25) is 9.59 Å². The van der Waals surface area contributed by atoms with Crippen LogP contribution in [-0.4, -0.2) is 31.6 Å². The molecular weight excluding hydrogens is 332 g/mol. The van der Waals surface area contributed by atoms with Gasteiger partial charge < -0.3 is 20.1 Å². The summed E-state index contributed by atoms with van der Waals surface area (Å²) in [5, 5.41) is 5.74. The van der Waals surface area contributed by atoms with Crippen LogP contribution in [0.3, 0.4) is 0 Å². The third kappa shape index (κ3) is 4.99. The van der Waals surface area contributed by atoms with E-state index in [1.807, 2.05) is 24.3 Å². The Morgan fingerprint density at radius 2 is 1.73 bits per heavy atom. The van der Waals surface area contributed by atoms with Gasteiger partial charge in [0, 0.05) is 18.2 Å². The highest BCUT2D eigenvalue weighted by Crippen LogP contribution is 2.25. The maximum Gasteiger partial charge on any atom is 0.258 e. The molecule has 0 radical (unpaired) electrons. The molecule has 2 aromatic carbocycles. The number of hydrogen-bond donors (Lipinski definition) is 2. The van der Waals surface area contributed by atoms with E-state index in [0.717, 1.165) is 18.4 Å². The van der Waals surface area contributed by atoms with Crippen LogP contribution < -0.4 is 20.1 Å². The SMILES string of the molecule is COc1ccccc1OCC(=O)NCc1ccc(C(=O)NC2CC2)cc1. The molecule has 3 rings (SSSR count). The van der Waals surface area contributed by atoms with Crippen LogP contribution in [0.4, 0.5) is 0 Å². The molecule has 6 heteroatoms. The molecule has 0 aromatic heterocycles. The van der Waals surface area contributed by atoms with Crippen molar-refractivity contribution in [2.45, 2.75) is 25.4 Å². The van der Waals surface area contributed by atoms with Crippen molar-refractivity contribution in [1.29, 1.82) is 0 Å². The molecule has 0 atom stereocenters. The van der Waals surface area contributed by atoms with Crippen molar-refractivity contribution in [2.24, 2.45) is 0 Å². The van der Waals surface area contributed by atoms with Crippen LogP contribution in [0, 0.1) is 0 Å². The van der Waals surface area contributed by atoms with Crippen molar-refractivity contribution in [2.75, 3.05) is 13.7 Å². The number of para-hydroxylation sites is 2. The number of nitrogens with one attached hydrogen (secondary N) is 2. The standard InChI is InChI=1S/C20H22N2O4/c1-25-17-4-2-3-5-18(17)26-13-19(23)21-12-14-6-8-15(9-7-14)20(24)22-16-10-11-16/h2-9,16H,10-13H2,1H3,(H,21,23)(H,22,24). The second-order valence-corrected chi connectivity index (χ2v) is 6.16. The molecule has 0 saturated heterocycles. The van der Waals surface area contributed by atoms with Gasteiger partial charge in [0.25, 0.3) is 11.8 Å². The second-order valence-electron chi connectivity index (χ2n) is 6.16. The molecule has 0 heterocycles. The third-order valence-electron chi connectivity index (χ3n) is 4.05. The van der Waals surface area contributed by atoms with E-state index in [-0.39, 0.29) is 18.4 Å². The summed E-state index contributed by atoms with van der Waals surface area (Å²) in [4.78, 5) is 23.9. The molecule has 1 aliphatic rings. The van der Waals surface area contributed by atoms with E-state index >= 15 is 0 Å². The maximum absolute atomic E-state index is 12.0. The van der Waals surface area contributed by atoms with Crippen molar-refractivity contribution in [3.8, 4) is 11.5 Å². The molecule has 2 aromatic rings. The summed E-state index contributed by atoms with van der Waals surface area (Å²) in [6.07, 6.45) is 2.12. The van der Waals surface area contributed by atoms with Gasteiger partial charge in [-0.2, -0.15) is 0 Å². The summed E-state index contributed by atoms with van der Waals surface area (Å²) in [5.41, 5.74) is 1.55. The molecule has 1 aliphatic carbocycles. The zero-order chi connectivity index (χ0) is 18.4. The van der Waals surface area contributed by atoms with Crippen LogP contribution in [0.2, 0.25) is 0 Å². The van der Waals surface area contributed by atoms with E-state index in [1.165, 1.54) is 0 Å². The molecule has 2 amide bonds. The average molecular weight is 354 g/mol. The second kappa shape index (κ2) is 8.38. The highest BCUT2D eigenvalue weighted by atomic mass is 16.5. The highest BCUT2D eigenvalue weighted by molar-refractivity contribution is 5.94. The largest absolute Gasteiger partial charge is 0.493 e. The Balaban J connectivity index is 1.44. The highest BCUT2D eigenvalue weighted by Gasteiger charge is 2.23. The van der Waals surface area contributed by atoms with Crippen LogP contribution in [0.5, 0.6) is 11.5 Å². The van der Waals surface area contributed by atoms with Gasteiger partial charge in [-0.1, -0.05) is 24.3 Å². The van der Waals surface area contributed by atoms with E-state index in [1.54, 1.807) is 31.4 Å². The van der Waals surface area contributed by atoms with Crippen molar-refractivity contribution in [1.82, 2.24) is 10.6 Å². The Kier molecular flexibility index (Phi) is 5.73. The summed E-state index contributed by atoms with van der Waals surface area (Å²) >= 11 is 0. The lowest BCUT2D eigenvalue weighted by Crippen LogP contribution is -2.28. The molecule has 2 N–H and O–H groups in total. The minimum absolute atomic E-state index is 0.0479. The molecule has 26 heavy (non-hydrogen) atoms. The fourth-order valence-corrected chi connectivity index (χ4v) is 2.40. The predicted molar refractivity (Wildman–Crippen MR) is 97.3 cm³/mol. The topological polar surface area (TPSA) is 76.7 Å². The molecule has 136 valence electrons. The van der Waals surface area contributed by atoms with Gasteiger partial charge in [0.2, 0.25) is 0 Å². The first-order valence-corrected chi connectivity index (χ1v) is 8.58. The number of carbonyl (C=O) groups is 2. The quantitative estimate of drug-likeness (QED) is 0.763. The molecule has 0 aliphatic heterocycles. The van der Waals surface area contributed by atoms with Crippen LogP contribution in [0.25, 0.3) is 0 Å². The molecule has 1 fully saturated rings. The smallest absolute Gasteiger partial charge is 0.258 e. The minimum atomic E-state index is -0.230. The van der Waals surface area contributed by atoms with Gasteiger partial charge in [0.05, 0.1) is 7.11 Å². The summed E-state index contributed by atoms with van der Waals surface area (Å²) in [7, 11) is 1.55. The van der Waals surface area contributed by atoms with Gasteiger partial charge >= 0.3 is 0 Å². The number of hydrogen-bond acceptors (Lipinski definition) is 4. The molecular formula is C20H22N2O4. The normalized spacial score (nSPS) is 13.0. The summed E-state index contributed by atoms with van der Waals surface area (Å²) < 4.78 is 10.7. The summed E-state index contributed by atoms with van der Waals surface area (Å²) in [6.45, 7) is 0.279. The minimum Gasteiger partial charge on any atom is -0.493 e. The van der Waals surface area contributed by atoms with Gasteiger partial charge in [0.15, 0.2) is 18.1 Å². The van der Waals surface area contributed by atoms with Crippen LogP contribution >= 0.6 is 0 Å². The van der Waals surface area contributed by atoms with E-state index in [4.69, 9.17) is 9.47 Å². The van der Waals surface area contributed by atoms with E-state index in [9.17, 15) is 9.59 Å². The van der Waals surface area contributed by atoms with E-state index in [2.05, 4.69) is 10.6 Å². The van der Waals surface area contributed by atoms with E-state index in [0.29, 0.717) is 29.6 Å². The Morgan fingerprint density at radius 3 is 2.38 bits per heavy atom. The number of amides is 2. The van der Waals surface area contributed by atoms with Crippen molar-refractivity contribution < 1.29 is 19.1 Å². The van der Waals surface area contributed by atoms with E-state index < -0.39 is 0 Å². The number of carbonyl (C=O) groups excluding carboxylic acids is 2. The molecule has 0 unspecified atom stereocenters. The van der Waals surface area contributed by atoms with Crippen LogP contribution in [-0.2, 0) is 11.3 Å². The summed E-state index contributed by atoms with van der Waals surface area (Å²) in [5.74, 6) is 0.830. The zero-order valence-corrected chi connectivity index (χ0v) is 14.7. The van der Waals surface area contributed by atoms with Crippen molar-refractivity contribution in [3.05, 3.63) is 59.7 Å². The predicted octanol–water partition coefficient (Wildman–Crippen LogP) is 2.28. The number of methoxy groups -OCH3 is 1. The van der Waals surface area contributed by atoms with Crippen molar-refractivity contribution >= 4 is 11.8 Å². The van der Waals surface area contributed by atoms with Crippen LogP contribution in [0.1, 0.15) is 28.8 Å². The number of benzene rings is 2. The van der Waals surface area contributed by atoms with Gasteiger partial charge in [-0.25, -0.2) is 0 Å². The number of rotatable bonds is 8. The van der Waals surface area contributed by atoms with Crippen LogP contribution in [0.15, 0.2) is 48.5 Å². The lowest BCUT2D eigenvalue weighted by Gasteiger charge is -2.10. The Morgan fingerprint density at radius 1 is 1.04 bits per heavy atom. The first-order chi connectivity index (χ1) is 12.7. The Hall–Kier alpha value is -3.02. The first-order valence-electron chi connectivity index (χ1n) is 8.58. The molecule has 0 bridgehead atoms. The zero-order valence-electron chi connectivity index (χ0n) is 14.7. The number of ether oxygens (including phenoxy) is 2. The summed E-state index contributed by atoms with van der Waals surface area (Å²) in [6, 6.07) is 14.7. The van der Waals surface area contributed by atoms with Gasteiger partial charge in [-0.05, 0) is 42.7 Å². The fourth-order valence-electron chi connectivity index (χ4n) is 2.40. The fraction of sp³-hybridized carbons (Fsp3) is 0.300. The third-order valence-corrected chi connectivity index (χ3v) is 4.05. The Labute approximate surface area is 152 Å². The average Bonchev–Trinajstić information content (AvgIpc) is 3.49. The molecule has 0 spiro atoms. The molecule has 1 saturated carbocycles. The monoisotopic (exact) mass is 354 g/mol. The van der Waals surface area contributed by atoms with Gasteiger partial charge in [-0.15, -0.1) is 0 Å².